The van der Waals surface area contributed by atoms with E-state index in [4.69, 9.17) is 9.47 Å². The summed E-state index contributed by atoms with van der Waals surface area (Å²) in [6.07, 6.45) is 0. The maximum atomic E-state index is 13.7. The zero-order valence-electron chi connectivity index (χ0n) is 22.6. The Balaban J connectivity index is 1.24. The van der Waals surface area contributed by atoms with Gasteiger partial charge in [-0.25, -0.2) is 14.4 Å². The Bertz CT molecular complexity index is 1780. The molecule has 43 heavy (non-hydrogen) atoms. The highest BCUT2D eigenvalue weighted by atomic mass is 16.5. The number of amides is 2. The number of nitrogens with zero attached hydrogens (tertiary/aromatic N) is 4. The van der Waals surface area contributed by atoms with Gasteiger partial charge < -0.3 is 9.47 Å². The molecule has 5 aromatic carbocycles. The van der Waals surface area contributed by atoms with Crippen LogP contribution in [0, 0.1) is 0 Å². The van der Waals surface area contributed by atoms with E-state index in [9.17, 15) is 14.4 Å². The number of hydrogen-bond donors (Lipinski definition) is 0. The molecular weight excluding hydrogens is 544 g/mol. The van der Waals surface area contributed by atoms with Gasteiger partial charge in [-0.1, -0.05) is 66.7 Å². The highest BCUT2D eigenvalue weighted by Crippen LogP contribution is 2.28. The Kier molecular flexibility index (Phi) is 7.60. The van der Waals surface area contributed by atoms with Crippen LogP contribution >= 0.6 is 0 Å². The molecule has 0 saturated heterocycles. The molecule has 0 unspecified atom stereocenters. The van der Waals surface area contributed by atoms with Gasteiger partial charge >= 0.3 is 18.0 Å². The first kappa shape index (κ1) is 27.0. The first-order valence-corrected chi connectivity index (χ1v) is 13.3. The van der Waals surface area contributed by atoms with Crippen LogP contribution in [0.1, 0.15) is 26.3 Å². The van der Waals surface area contributed by atoms with Gasteiger partial charge in [-0.15, -0.1) is 10.5 Å². The van der Waals surface area contributed by atoms with Crippen LogP contribution in [0.4, 0.5) is 16.2 Å². The Morgan fingerprint density at radius 1 is 0.512 bits per heavy atom. The lowest BCUT2D eigenvalue weighted by atomic mass is 10.2. The summed E-state index contributed by atoms with van der Waals surface area (Å²) in [5.74, 6) is -0.0447. The van der Waals surface area contributed by atoms with E-state index in [1.54, 1.807) is 97.1 Å². The van der Waals surface area contributed by atoms with Crippen molar-refractivity contribution in [2.45, 2.75) is 0 Å². The fourth-order valence-corrected chi connectivity index (χ4v) is 4.21. The van der Waals surface area contributed by atoms with Crippen LogP contribution in [0.2, 0.25) is 0 Å². The smallest absolute Gasteiger partial charge is 0.370 e. The standard InChI is InChI=1S/C34H23N4O5/c39-32(25-12-6-2-7-13-25)42-29-20-16-27(17-21-29)37-34(41)38(36-31(35-37)24-10-4-1-5-11-24)28-18-22-30(23-19-28)43-33(40)26-14-8-3-9-15-26/h1-23H. The van der Waals surface area contributed by atoms with Crippen LogP contribution < -0.4 is 24.9 Å². The lowest BCUT2D eigenvalue weighted by molar-refractivity contribution is 0.0725. The van der Waals surface area contributed by atoms with Crippen molar-refractivity contribution in [1.82, 2.24) is 5.43 Å². The summed E-state index contributed by atoms with van der Waals surface area (Å²) in [6.45, 7) is 0. The summed E-state index contributed by atoms with van der Waals surface area (Å²) < 4.78 is 10.9. The number of urea groups is 1. The van der Waals surface area contributed by atoms with Crippen molar-refractivity contribution in [3.63, 3.8) is 0 Å². The van der Waals surface area contributed by atoms with E-state index in [-0.39, 0.29) is 0 Å². The van der Waals surface area contributed by atoms with Crippen molar-refractivity contribution in [3.8, 4) is 11.5 Å². The summed E-state index contributed by atoms with van der Waals surface area (Å²) in [4.78, 5) is 38.6. The largest absolute Gasteiger partial charge is 0.423 e. The molecule has 1 aliphatic heterocycles. The fraction of sp³-hybridized carbons (Fsp3) is 0. The number of amidine groups is 1. The molecule has 6 rings (SSSR count). The van der Waals surface area contributed by atoms with Gasteiger partial charge in [0.15, 0.2) is 5.84 Å². The van der Waals surface area contributed by atoms with Crippen molar-refractivity contribution in [2.75, 3.05) is 10.0 Å². The quantitative estimate of drug-likeness (QED) is 0.166. The minimum absolute atomic E-state index is 0.305. The van der Waals surface area contributed by atoms with Gasteiger partial charge in [0.2, 0.25) is 0 Å². The minimum Gasteiger partial charge on any atom is -0.423 e. The highest BCUT2D eigenvalue weighted by molar-refractivity contribution is 6.13. The number of carbonyl (C=O) groups excluding carboxylic acids is 3. The number of esters is 2. The van der Waals surface area contributed by atoms with Crippen molar-refractivity contribution < 1.29 is 23.9 Å². The number of rotatable bonds is 7. The molecular formula is C34H23N4O5. The second-order valence-corrected chi connectivity index (χ2v) is 9.29. The molecule has 9 heteroatoms. The number of anilines is 2. The summed E-state index contributed by atoms with van der Waals surface area (Å²) in [5.41, 5.74) is 6.94. The molecule has 0 N–H and O–H groups in total. The SMILES string of the molecule is O=C(Oc1ccc(N2[N]C(c3ccccc3)=NN(c3ccc(OC(=O)c4ccccc4)cc3)C2=O)cc1)c1ccccc1. The predicted molar refractivity (Wildman–Crippen MR) is 161 cm³/mol. The van der Waals surface area contributed by atoms with Gasteiger partial charge in [-0.2, -0.15) is 10.0 Å². The number of carbonyl (C=O) groups is 3. The van der Waals surface area contributed by atoms with Gasteiger partial charge in [0.25, 0.3) is 0 Å². The summed E-state index contributed by atoms with van der Waals surface area (Å²) in [7, 11) is 0. The van der Waals surface area contributed by atoms with Crippen molar-refractivity contribution >= 4 is 35.2 Å². The molecule has 0 aliphatic carbocycles. The lowest BCUT2D eigenvalue weighted by Crippen LogP contribution is -2.52. The average Bonchev–Trinajstić information content (AvgIpc) is 3.07. The second kappa shape index (κ2) is 12.1. The van der Waals surface area contributed by atoms with E-state index >= 15 is 0 Å². The molecule has 0 bridgehead atoms. The summed E-state index contributed by atoms with van der Waals surface area (Å²) >= 11 is 0. The third kappa shape index (κ3) is 6.10. The highest BCUT2D eigenvalue weighted by Gasteiger charge is 2.32. The van der Waals surface area contributed by atoms with Gasteiger partial charge in [0.05, 0.1) is 22.5 Å². The van der Waals surface area contributed by atoms with E-state index in [1.807, 2.05) is 42.5 Å². The molecule has 1 aliphatic rings. The Morgan fingerprint density at radius 3 is 1.40 bits per heavy atom. The summed E-state index contributed by atoms with van der Waals surface area (Å²) in [5, 5.41) is 6.97. The first-order chi connectivity index (χ1) is 21.0. The number of benzene rings is 5. The van der Waals surface area contributed by atoms with Crippen LogP contribution in [0.25, 0.3) is 0 Å². The molecule has 1 heterocycles. The first-order valence-electron chi connectivity index (χ1n) is 13.3. The van der Waals surface area contributed by atoms with E-state index in [0.29, 0.717) is 45.4 Å². The molecule has 0 fully saturated rings. The maximum absolute atomic E-state index is 13.7. The zero-order valence-corrected chi connectivity index (χ0v) is 22.6. The molecule has 1 radical (unpaired) electrons. The molecule has 209 valence electrons. The van der Waals surface area contributed by atoms with E-state index < -0.39 is 18.0 Å². The molecule has 5 aromatic rings. The Hall–Kier alpha value is -6.22. The molecule has 0 saturated carbocycles. The van der Waals surface area contributed by atoms with Gasteiger partial charge in [-0.05, 0) is 72.8 Å². The number of ether oxygens (including phenoxy) is 2. The Morgan fingerprint density at radius 2 is 0.930 bits per heavy atom. The predicted octanol–water partition coefficient (Wildman–Crippen LogP) is 6.45. The fourth-order valence-electron chi connectivity index (χ4n) is 4.21. The normalized spacial score (nSPS) is 12.7. The van der Waals surface area contributed by atoms with Gasteiger partial charge in [-0.3, -0.25) is 0 Å². The summed E-state index contributed by atoms with van der Waals surface area (Å²) in [6, 6.07) is 38.9. The van der Waals surface area contributed by atoms with E-state index in [2.05, 4.69) is 10.5 Å². The molecule has 9 nitrogen and oxygen atoms in total. The molecule has 0 spiro atoms. The van der Waals surface area contributed by atoms with Crippen LogP contribution in [-0.2, 0) is 0 Å². The number of hydrogen-bond acceptors (Lipinski definition) is 6. The lowest BCUT2D eigenvalue weighted by Gasteiger charge is -2.31. The van der Waals surface area contributed by atoms with Crippen molar-refractivity contribution in [2.24, 2.45) is 5.10 Å². The van der Waals surface area contributed by atoms with Crippen molar-refractivity contribution in [1.29, 1.82) is 0 Å². The van der Waals surface area contributed by atoms with Crippen LogP contribution in [0.15, 0.2) is 145 Å². The van der Waals surface area contributed by atoms with Crippen molar-refractivity contribution in [3.05, 3.63) is 156 Å². The molecule has 0 aromatic heterocycles. The van der Waals surface area contributed by atoms with Gasteiger partial charge in [0, 0.05) is 5.56 Å². The van der Waals surface area contributed by atoms with Crippen LogP contribution in [0.5, 0.6) is 11.5 Å². The zero-order chi connectivity index (χ0) is 29.6. The molecule has 2 amide bonds. The van der Waals surface area contributed by atoms with E-state index in [1.165, 1.54) is 10.0 Å². The topological polar surface area (TPSA) is 103 Å². The third-order valence-electron chi connectivity index (χ3n) is 6.39. The Labute approximate surface area is 247 Å². The maximum Gasteiger partial charge on any atom is 0.370 e. The second-order valence-electron chi connectivity index (χ2n) is 9.29. The number of hydrazone groups is 1. The monoisotopic (exact) mass is 567 g/mol. The molecule has 0 atom stereocenters. The van der Waals surface area contributed by atoms with E-state index in [0.717, 1.165) is 0 Å². The minimum atomic E-state index is -0.539. The third-order valence-corrected chi connectivity index (χ3v) is 6.39. The van der Waals surface area contributed by atoms with Crippen LogP contribution in [0.3, 0.4) is 0 Å². The van der Waals surface area contributed by atoms with Crippen LogP contribution in [-0.4, -0.2) is 23.8 Å². The average molecular weight is 568 g/mol. The van der Waals surface area contributed by atoms with Gasteiger partial charge in [0.1, 0.15) is 11.5 Å².